The SMILES string of the molecule is CCN(CC)S(=O)(=O)c1ccc(CCC(=O)NC(C(=O)O)C(C)C)cc1. The van der Waals surface area contributed by atoms with Crippen LogP contribution in [0.3, 0.4) is 0 Å². The largest absolute Gasteiger partial charge is 0.480 e. The number of carboxylic acid groups (broad SMARTS) is 1. The number of nitrogens with one attached hydrogen (secondary N) is 1. The van der Waals surface area contributed by atoms with Crippen molar-refractivity contribution in [1.82, 2.24) is 9.62 Å². The molecule has 7 nitrogen and oxygen atoms in total. The van der Waals surface area contributed by atoms with E-state index < -0.39 is 22.0 Å². The van der Waals surface area contributed by atoms with Crippen LogP contribution in [0.25, 0.3) is 0 Å². The standard InChI is InChI=1S/C18H28N2O5S/c1-5-20(6-2)26(24,25)15-10-7-14(8-11-15)9-12-16(21)19-17(13(3)4)18(22)23/h7-8,10-11,13,17H,5-6,9,12H2,1-4H3,(H,19,21)(H,22,23). The average molecular weight is 384 g/mol. The molecular formula is C18H28N2O5S. The molecule has 26 heavy (non-hydrogen) atoms. The van der Waals surface area contributed by atoms with E-state index in [9.17, 15) is 18.0 Å². The summed E-state index contributed by atoms with van der Waals surface area (Å²) in [7, 11) is -3.50. The van der Waals surface area contributed by atoms with Gasteiger partial charge in [0.1, 0.15) is 6.04 Å². The number of rotatable bonds is 10. The number of hydrogen-bond acceptors (Lipinski definition) is 4. The van der Waals surface area contributed by atoms with Crippen molar-refractivity contribution in [1.29, 1.82) is 0 Å². The Bertz CT molecular complexity index is 710. The Morgan fingerprint density at radius 2 is 1.65 bits per heavy atom. The molecule has 1 unspecified atom stereocenters. The smallest absolute Gasteiger partial charge is 0.326 e. The fourth-order valence-corrected chi connectivity index (χ4v) is 4.02. The number of carbonyl (C=O) groups excluding carboxylic acids is 1. The summed E-state index contributed by atoms with van der Waals surface area (Å²) < 4.78 is 26.2. The summed E-state index contributed by atoms with van der Waals surface area (Å²) in [6, 6.07) is 5.52. The molecule has 1 aromatic rings. The lowest BCUT2D eigenvalue weighted by molar-refractivity contribution is -0.143. The average Bonchev–Trinajstić information content (AvgIpc) is 2.58. The zero-order chi connectivity index (χ0) is 19.9. The van der Waals surface area contributed by atoms with Crippen molar-refractivity contribution in [3.63, 3.8) is 0 Å². The number of aliphatic carboxylic acids is 1. The van der Waals surface area contributed by atoms with E-state index in [0.717, 1.165) is 5.56 Å². The van der Waals surface area contributed by atoms with Gasteiger partial charge in [0, 0.05) is 19.5 Å². The molecule has 1 aromatic carbocycles. The number of benzene rings is 1. The Labute approximate surface area is 155 Å². The highest BCUT2D eigenvalue weighted by Crippen LogP contribution is 2.17. The highest BCUT2D eigenvalue weighted by Gasteiger charge is 2.23. The van der Waals surface area contributed by atoms with E-state index >= 15 is 0 Å². The van der Waals surface area contributed by atoms with Crippen LogP contribution in [0.5, 0.6) is 0 Å². The molecular weight excluding hydrogens is 356 g/mol. The molecule has 0 radical (unpaired) electrons. The van der Waals surface area contributed by atoms with Gasteiger partial charge in [-0.3, -0.25) is 4.79 Å². The first kappa shape index (κ1) is 22.1. The number of aryl methyl sites for hydroxylation is 1. The molecule has 0 aliphatic carbocycles. The Hall–Kier alpha value is -1.93. The third kappa shape index (κ3) is 5.81. The van der Waals surface area contributed by atoms with Crippen LogP contribution in [0.2, 0.25) is 0 Å². The van der Waals surface area contributed by atoms with Gasteiger partial charge in [-0.15, -0.1) is 0 Å². The maximum absolute atomic E-state index is 12.4. The fourth-order valence-electron chi connectivity index (χ4n) is 2.56. The Balaban J connectivity index is 2.71. The Kier molecular flexibility index (Phi) is 8.23. The van der Waals surface area contributed by atoms with E-state index in [4.69, 9.17) is 5.11 Å². The lowest BCUT2D eigenvalue weighted by Crippen LogP contribution is -2.44. The molecule has 0 saturated heterocycles. The van der Waals surface area contributed by atoms with Gasteiger partial charge in [0.25, 0.3) is 0 Å². The van der Waals surface area contributed by atoms with Gasteiger partial charge in [0.2, 0.25) is 15.9 Å². The fraction of sp³-hybridized carbons (Fsp3) is 0.556. The normalized spacial score (nSPS) is 13.0. The van der Waals surface area contributed by atoms with Gasteiger partial charge in [0.05, 0.1) is 4.90 Å². The molecule has 0 aromatic heterocycles. The van der Waals surface area contributed by atoms with E-state index in [1.807, 2.05) is 0 Å². The topological polar surface area (TPSA) is 104 Å². The summed E-state index contributed by atoms with van der Waals surface area (Å²) in [4.78, 5) is 23.3. The second kappa shape index (κ2) is 9.68. The van der Waals surface area contributed by atoms with Gasteiger partial charge < -0.3 is 10.4 Å². The monoisotopic (exact) mass is 384 g/mol. The number of nitrogens with zero attached hydrogens (tertiary/aromatic N) is 1. The van der Waals surface area contributed by atoms with Crippen LogP contribution < -0.4 is 5.32 Å². The zero-order valence-electron chi connectivity index (χ0n) is 15.7. The number of amides is 1. The van der Waals surface area contributed by atoms with E-state index in [-0.39, 0.29) is 23.1 Å². The van der Waals surface area contributed by atoms with Crippen molar-refractivity contribution < 1.29 is 23.1 Å². The highest BCUT2D eigenvalue weighted by atomic mass is 32.2. The summed E-state index contributed by atoms with van der Waals surface area (Å²) in [5.74, 6) is -1.61. The van der Waals surface area contributed by atoms with Crippen molar-refractivity contribution in [2.45, 2.75) is 51.5 Å². The van der Waals surface area contributed by atoms with Gasteiger partial charge in [-0.1, -0.05) is 39.8 Å². The lowest BCUT2D eigenvalue weighted by Gasteiger charge is -2.19. The van der Waals surface area contributed by atoms with Gasteiger partial charge in [-0.2, -0.15) is 4.31 Å². The molecule has 1 amide bonds. The van der Waals surface area contributed by atoms with Gasteiger partial charge in [-0.25, -0.2) is 13.2 Å². The van der Waals surface area contributed by atoms with Crippen molar-refractivity contribution in [3.8, 4) is 0 Å². The first-order valence-corrected chi connectivity index (χ1v) is 10.2. The molecule has 1 rings (SSSR count). The van der Waals surface area contributed by atoms with Crippen LogP contribution in [0.1, 0.15) is 39.7 Å². The predicted molar refractivity (Wildman–Crippen MR) is 99.3 cm³/mol. The van der Waals surface area contributed by atoms with Crippen LogP contribution in [0.15, 0.2) is 29.2 Å². The predicted octanol–water partition coefficient (Wildman–Crippen LogP) is 1.88. The van der Waals surface area contributed by atoms with Gasteiger partial charge in [-0.05, 0) is 30.0 Å². The molecule has 2 N–H and O–H groups in total. The van der Waals surface area contributed by atoms with Crippen molar-refractivity contribution in [2.24, 2.45) is 5.92 Å². The highest BCUT2D eigenvalue weighted by molar-refractivity contribution is 7.89. The number of sulfonamides is 1. The summed E-state index contributed by atoms with van der Waals surface area (Å²) >= 11 is 0. The second-order valence-electron chi connectivity index (χ2n) is 6.36. The lowest BCUT2D eigenvalue weighted by atomic mass is 10.0. The molecule has 0 aliphatic rings. The number of carbonyl (C=O) groups is 2. The van der Waals surface area contributed by atoms with Crippen molar-refractivity contribution in [3.05, 3.63) is 29.8 Å². The Morgan fingerprint density at radius 3 is 2.08 bits per heavy atom. The van der Waals surface area contributed by atoms with Crippen molar-refractivity contribution in [2.75, 3.05) is 13.1 Å². The summed E-state index contributed by atoms with van der Waals surface area (Å²) in [6.07, 6.45) is 0.542. The van der Waals surface area contributed by atoms with Gasteiger partial charge in [0.15, 0.2) is 0 Å². The molecule has 1 atom stereocenters. The van der Waals surface area contributed by atoms with E-state index in [2.05, 4.69) is 5.32 Å². The van der Waals surface area contributed by atoms with E-state index in [0.29, 0.717) is 19.5 Å². The summed E-state index contributed by atoms with van der Waals surface area (Å²) in [5.41, 5.74) is 0.815. The first-order chi connectivity index (χ1) is 12.1. The molecule has 8 heteroatoms. The van der Waals surface area contributed by atoms with Gasteiger partial charge >= 0.3 is 5.97 Å². The number of hydrogen-bond donors (Lipinski definition) is 2. The summed E-state index contributed by atoms with van der Waals surface area (Å²) in [5, 5.41) is 11.6. The van der Waals surface area contributed by atoms with Crippen LogP contribution in [0.4, 0.5) is 0 Å². The van der Waals surface area contributed by atoms with E-state index in [1.54, 1.807) is 39.8 Å². The molecule has 0 fully saturated rings. The molecule has 0 saturated carbocycles. The molecule has 0 heterocycles. The first-order valence-electron chi connectivity index (χ1n) is 8.74. The Morgan fingerprint density at radius 1 is 1.12 bits per heavy atom. The van der Waals surface area contributed by atoms with Crippen LogP contribution >= 0.6 is 0 Å². The van der Waals surface area contributed by atoms with E-state index in [1.165, 1.54) is 16.4 Å². The third-order valence-corrected chi connectivity index (χ3v) is 6.22. The third-order valence-electron chi connectivity index (χ3n) is 4.16. The van der Waals surface area contributed by atoms with Crippen LogP contribution in [-0.4, -0.2) is 48.8 Å². The number of carboxylic acids is 1. The van der Waals surface area contributed by atoms with Crippen molar-refractivity contribution >= 4 is 21.9 Å². The maximum Gasteiger partial charge on any atom is 0.326 e. The molecule has 0 spiro atoms. The van der Waals surface area contributed by atoms with Crippen LogP contribution in [0, 0.1) is 5.92 Å². The molecule has 0 bridgehead atoms. The second-order valence-corrected chi connectivity index (χ2v) is 8.30. The summed E-state index contributed by atoms with van der Waals surface area (Å²) in [6.45, 7) is 7.84. The zero-order valence-corrected chi connectivity index (χ0v) is 16.5. The molecule has 146 valence electrons. The molecule has 0 aliphatic heterocycles. The maximum atomic E-state index is 12.4. The quantitative estimate of drug-likeness (QED) is 0.641. The van der Waals surface area contributed by atoms with Crippen LogP contribution in [-0.2, 0) is 26.0 Å². The minimum absolute atomic E-state index is 0.138. The minimum atomic E-state index is -3.50. The minimum Gasteiger partial charge on any atom is -0.480 e.